The molecule has 3 aromatic rings. The van der Waals surface area contributed by atoms with Crippen LogP contribution in [0.2, 0.25) is 0 Å². The van der Waals surface area contributed by atoms with E-state index >= 15 is 0 Å². The Bertz CT molecular complexity index is 1310. The molecule has 38 heavy (non-hydrogen) atoms. The fourth-order valence-corrected chi connectivity index (χ4v) is 4.91. The number of rotatable bonds is 8. The Balaban J connectivity index is 1.49. The van der Waals surface area contributed by atoms with Crippen molar-refractivity contribution in [2.75, 3.05) is 27.2 Å². The number of carbonyl (C=O) groups is 2. The van der Waals surface area contributed by atoms with Crippen LogP contribution in [0.4, 0.5) is 0 Å². The number of aliphatic hydroxyl groups is 1. The highest BCUT2D eigenvalue weighted by Gasteiger charge is 2.35. The molecule has 200 valence electrons. The molecule has 0 unspecified atom stereocenters. The van der Waals surface area contributed by atoms with E-state index < -0.39 is 11.5 Å². The van der Waals surface area contributed by atoms with Gasteiger partial charge in [-0.05, 0) is 29.9 Å². The third-order valence-corrected chi connectivity index (χ3v) is 7.36. The Morgan fingerprint density at radius 2 is 1.66 bits per heavy atom. The minimum Gasteiger partial charge on any atom is -0.388 e. The highest BCUT2D eigenvalue weighted by molar-refractivity contribution is 5.99. The molecule has 2 heterocycles. The zero-order valence-electron chi connectivity index (χ0n) is 22.2. The molecule has 1 aliphatic heterocycles. The minimum atomic E-state index is -1.17. The van der Waals surface area contributed by atoms with Crippen molar-refractivity contribution in [3.05, 3.63) is 94.4 Å². The van der Waals surface area contributed by atoms with E-state index in [9.17, 15) is 19.5 Å². The molecule has 1 saturated heterocycles. The number of hydroxylamine groups is 2. The molecule has 1 aliphatic rings. The van der Waals surface area contributed by atoms with E-state index in [4.69, 9.17) is 4.84 Å². The van der Waals surface area contributed by atoms with Crippen molar-refractivity contribution in [2.45, 2.75) is 44.2 Å². The summed E-state index contributed by atoms with van der Waals surface area (Å²) in [6.07, 6.45) is 2.58. The molecule has 2 amide bonds. The molecule has 4 rings (SSSR count). The second kappa shape index (κ2) is 11.8. The van der Waals surface area contributed by atoms with E-state index in [0.717, 1.165) is 16.2 Å². The second-order valence-electron chi connectivity index (χ2n) is 10.0. The largest absolute Gasteiger partial charge is 0.388 e. The normalized spacial score (nSPS) is 15.6. The lowest BCUT2D eigenvalue weighted by Gasteiger charge is -2.39. The highest BCUT2D eigenvalue weighted by atomic mass is 16.7. The van der Waals surface area contributed by atoms with Gasteiger partial charge < -0.3 is 14.6 Å². The summed E-state index contributed by atoms with van der Waals surface area (Å²) >= 11 is 0. The van der Waals surface area contributed by atoms with Crippen molar-refractivity contribution in [1.29, 1.82) is 0 Å². The maximum atomic E-state index is 13.1. The van der Waals surface area contributed by atoms with Crippen LogP contribution in [0, 0.1) is 0 Å². The zero-order valence-corrected chi connectivity index (χ0v) is 22.2. The smallest absolute Gasteiger partial charge is 0.279 e. The van der Waals surface area contributed by atoms with Crippen LogP contribution in [-0.2, 0) is 16.2 Å². The third-order valence-electron chi connectivity index (χ3n) is 7.36. The summed E-state index contributed by atoms with van der Waals surface area (Å²) in [4.78, 5) is 46.0. The van der Waals surface area contributed by atoms with Gasteiger partial charge in [-0.2, -0.15) is 0 Å². The maximum Gasteiger partial charge on any atom is 0.279 e. The number of carbonyl (C=O) groups excluding carboxylic acids is 2. The van der Waals surface area contributed by atoms with Crippen molar-refractivity contribution in [3.8, 4) is 11.1 Å². The molecule has 0 spiro atoms. The summed E-state index contributed by atoms with van der Waals surface area (Å²) in [6, 6.07) is 20.6. The van der Waals surface area contributed by atoms with E-state index in [1.54, 1.807) is 4.90 Å². The molecule has 1 N–H and O–H groups in total. The van der Waals surface area contributed by atoms with Crippen LogP contribution < -0.4 is 5.56 Å². The lowest BCUT2D eigenvalue weighted by atomic mass is 9.90. The molecular weight excluding hydrogens is 482 g/mol. The van der Waals surface area contributed by atoms with Crippen LogP contribution in [0.1, 0.15) is 48.0 Å². The van der Waals surface area contributed by atoms with Gasteiger partial charge in [-0.25, -0.2) is 5.06 Å². The number of hydrogen-bond donors (Lipinski definition) is 1. The first kappa shape index (κ1) is 27.3. The molecule has 0 radical (unpaired) electrons. The van der Waals surface area contributed by atoms with Gasteiger partial charge in [0.15, 0.2) is 0 Å². The summed E-state index contributed by atoms with van der Waals surface area (Å²) in [6.45, 7) is 2.89. The van der Waals surface area contributed by atoms with Crippen LogP contribution in [0.25, 0.3) is 11.1 Å². The number of likely N-dealkylation sites (tertiary alicyclic amines) is 1. The average Bonchev–Trinajstić information content (AvgIpc) is 2.94. The Hall–Kier alpha value is -3.75. The van der Waals surface area contributed by atoms with Crippen molar-refractivity contribution >= 4 is 11.8 Å². The molecular formula is C30H35N3O5. The topological polar surface area (TPSA) is 92.1 Å². The Morgan fingerprint density at radius 1 is 1.05 bits per heavy atom. The van der Waals surface area contributed by atoms with Gasteiger partial charge in [0.05, 0.1) is 24.8 Å². The number of aromatic nitrogens is 1. The van der Waals surface area contributed by atoms with Gasteiger partial charge in [0.25, 0.3) is 11.5 Å². The quantitative estimate of drug-likeness (QED) is 0.460. The van der Waals surface area contributed by atoms with E-state index in [0.29, 0.717) is 43.5 Å². The van der Waals surface area contributed by atoms with Crippen molar-refractivity contribution in [3.63, 3.8) is 0 Å². The number of amides is 2. The number of piperidine rings is 1. The van der Waals surface area contributed by atoms with E-state index in [-0.39, 0.29) is 23.9 Å². The first-order valence-corrected chi connectivity index (χ1v) is 12.9. The summed E-state index contributed by atoms with van der Waals surface area (Å²) in [7, 11) is 2.90. The van der Waals surface area contributed by atoms with Gasteiger partial charge in [0, 0.05) is 44.4 Å². The third kappa shape index (κ3) is 6.20. The van der Waals surface area contributed by atoms with Gasteiger partial charge in [0.1, 0.15) is 0 Å². The molecule has 8 heteroatoms. The molecule has 8 nitrogen and oxygen atoms in total. The van der Waals surface area contributed by atoms with Crippen LogP contribution in [0.15, 0.2) is 77.7 Å². The zero-order chi connectivity index (χ0) is 27.3. The number of pyridine rings is 1. The molecule has 1 fully saturated rings. The Morgan fingerprint density at radius 3 is 2.26 bits per heavy atom. The molecule has 0 aliphatic carbocycles. The summed E-state index contributed by atoms with van der Waals surface area (Å²) in [5.41, 5.74) is 1.17. The van der Waals surface area contributed by atoms with Gasteiger partial charge in [-0.1, -0.05) is 67.6 Å². The summed E-state index contributed by atoms with van der Waals surface area (Å²) in [5, 5.41) is 12.5. The van der Waals surface area contributed by atoms with E-state index in [1.807, 2.05) is 67.6 Å². The van der Waals surface area contributed by atoms with Gasteiger partial charge in [-0.15, -0.1) is 0 Å². The SMILES string of the molecule is CON(C)C(=O)c1cn(CC2(O)CCN(C(=O)C[C@@H](C)c3ccccc3)CC2)c(=O)cc1-c1ccccc1. The Kier molecular flexibility index (Phi) is 8.44. The van der Waals surface area contributed by atoms with Crippen LogP contribution in [-0.4, -0.2) is 64.3 Å². The van der Waals surface area contributed by atoms with Crippen LogP contribution in [0.5, 0.6) is 0 Å². The molecule has 1 atom stereocenters. The first-order valence-electron chi connectivity index (χ1n) is 12.9. The maximum absolute atomic E-state index is 13.1. The summed E-state index contributed by atoms with van der Waals surface area (Å²) < 4.78 is 1.39. The Labute approximate surface area is 223 Å². The van der Waals surface area contributed by atoms with Crippen molar-refractivity contribution in [2.24, 2.45) is 0 Å². The minimum absolute atomic E-state index is 0.0281. The first-order chi connectivity index (χ1) is 18.2. The van der Waals surface area contributed by atoms with Crippen molar-refractivity contribution < 1.29 is 19.5 Å². The number of hydrogen-bond acceptors (Lipinski definition) is 5. The monoisotopic (exact) mass is 517 g/mol. The van der Waals surface area contributed by atoms with Gasteiger partial charge >= 0.3 is 0 Å². The second-order valence-corrected chi connectivity index (χ2v) is 10.0. The molecule has 1 aromatic heterocycles. The number of nitrogens with zero attached hydrogens (tertiary/aromatic N) is 3. The predicted octanol–water partition coefficient (Wildman–Crippen LogP) is 3.70. The lowest BCUT2D eigenvalue weighted by Crippen LogP contribution is -2.49. The van der Waals surface area contributed by atoms with Crippen LogP contribution >= 0.6 is 0 Å². The highest BCUT2D eigenvalue weighted by Crippen LogP contribution is 2.28. The van der Waals surface area contributed by atoms with Crippen molar-refractivity contribution in [1.82, 2.24) is 14.5 Å². The molecule has 0 saturated carbocycles. The van der Waals surface area contributed by atoms with E-state index in [1.165, 1.54) is 31.0 Å². The summed E-state index contributed by atoms with van der Waals surface area (Å²) in [5.74, 6) is -0.240. The fraction of sp³-hybridized carbons (Fsp3) is 0.367. The fourth-order valence-electron chi connectivity index (χ4n) is 4.91. The van der Waals surface area contributed by atoms with Crippen LogP contribution in [0.3, 0.4) is 0 Å². The predicted molar refractivity (Wildman–Crippen MR) is 145 cm³/mol. The van der Waals surface area contributed by atoms with Gasteiger partial charge in [0.2, 0.25) is 5.91 Å². The molecule has 2 aromatic carbocycles. The average molecular weight is 518 g/mol. The van der Waals surface area contributed by atoms with E-state index in [2.05, 4.69) is 0 Å². The number of benzene rings is 2. The van der Waals surface area contributed by atoms with Gasteiger partial charge in [-0.3, -0.25) is 19.2 Å². The lowest BCUT2D eigenvalue weighted by molar-refractivity contribution is -0.136. The molecule has 0 bridgehead atoms. The standard InChI is InChI=1S/C30H35N3O5/c1-22(23-10-6-4-7-11-23)18-27(34)32-16-14-30(37,15-17-32)21-33-20-26(29(36)31(2)38-3)25(19-28(33)35)24-12-8-5-9-13-24/h4-13,19-20,22,37H,14-18,21H2,1-3H3/t22-/m1/s1.